The number of nitrogens with one attached hydrogen (secondary N) is 1. The molecule has 0 saturated heterocycles. The predicted octanol–water partition coefficient (Wildman–Crippen LogP) is 4.76. The van der Waals surface area contributed by atoms with Gasteiger partial charge in [-0.2, -0.15) is 5.10 Å². The Labute approximate surface area is 152 Å². The minimum Gasteiger partial charge on any atom is -0.322 e. The lowest BCUT2D eigenvalue weighted by molar-refractivity contribution is 0.102. The number of anilines is 1. The minimum atomic E-state index is -0.240. The van der Waals surface area contributed by atoms with Gasteiger partial charge in [0, 0.05) is 5.69 Å². The van der Waals surface area contributed by atoms with Crippen molar-refractivity contribution in [2.45, 2.75) is 27.3 Å². The number of benzene rings is 2. The van der Waals surface area contributed by atoms with Crippen molar-refractivity contribution in [2.75, 3.05) is 5.32 Å². The van der Waals surface area contributed by atoms with Crippen molar-refractivity contribution < 1.29 is 4.79 Å². The standard InChI is InChI=1S/C20H20ClN3O/c1-13-8-7-11-17(14(13)2)22-20(25)18-15(3)23-24(19(18)21)12-16-9-5-4-6-10-16/h4-11H,12H2,1-3H3,(H,22,25). The molecular weight excluding hydrogens is 334 g/mol. The SMILES string of the molecule is Cc1cccc(NC(=O)c2c(C)nn(Cc3ccccc3)c2Cl)c1C. The molecule has 0 unspecified atom stereocenters. The van der Waals surface area contributed by atoms with Crippen LogP contribution in [-0.2, 0) is 6.54 Å². The summed E-state index contributed by atoms with van der Waals surface area (Å²) in [4.78, 5) is 12.7. The van der Waals surface area contributed by atoms with Crippen molar-refractivity contribution in [3.8, 4) is 0 Å². The first-order chi connectivity index (χ1) is 12.0. The van der Waals surface area contributed by atoms with Gasteiger partial charge in [0.1, 0.15) is 5.15 Å². The van der Waals surface area contributed by atoms with Crippen LogP contribution in [0.25, 0.3) is 0 Å². The second-order valence-electron chi connectivity index (χ2n) is 6.10. The van der Waals surface area contributed by atoms with Crippen LogP contribution >= 0.6 is 11.6 Å². The molecule has 1 N–H and O–H groups in total. The molecule has 0 bridgehead atoms. The summed E-state index contributed by atoms with van der Waals surface area (Å²) < 4.78 is 1.66. The zero-order valence-corrected chi connectivity index (χ0v) is 15.3. The molecule has 0 fully saturated rings. The first-order valence-electron chi connectivity index (χ1n) is 8.11. The van der Waals surface area contributed by atoms with E-state index in [1.165, 1.54) is 0 Å². The van der Waals surface area contributed by atoms with Gasteiger partial charge >= 0.3 is 0 Å². The number of amides is 1. The zero-order chi connectivity index (χ0) is 18.0. The average molecular weight is 354 g/mol. The van der Waals surface area contributed by atoms with Gasteiger partial charge in [-0.15, -0.1) is 0 Å². The maximum Gasteiger partial charge on any atom is 0.260 e. The first kappa shape index (κ1) is 17.2. The summed E-state index contributed by atoms with van der Waals surface area (Å²) in [6, 6.07) is 15.7. The summed E-state index contributed by atoms with van der Waals surface area (Å²) >= 11 is 6.45. The summed E-state index contributed by atoms with van der Waals surface area (Å²) in [6.45, 7) is 6.32. The van der Waals surface area contributed by atoms with Crippen LogP contribution in [0.5, 0.6) is 0 Å². The molecule has 0 radical (unpaired) electrons. The summed E-state index contributed by atoms with van der Waals surface area (Å²) in [7, 11) is 0. The van der Waals surface area contributed by atoms with Crippen molar-refractivity contribution in [2.24, 2.45) is 0 Å². The van der Waals surface area contributed by atoms with E-state index >= 15 is 0 Å². The molecule has 3 aromatic rings. The number of aromatic nitrogens is 2. The van der Waals surface area contributed by atoms with Crippen molar-refractivity contribution in [1.82, 2.24) is 9.78 Å². The minimum absolute atomic E-state index is 0.240. The number of rotatable bonds is 4. The zero-order valence-electron chi connectivity index (χ0n) is 14.5. The third-order valence-electron chi connectivity index (χ3n) is 4.32. The Morgan fingerprint density at radius 2 is 1.80 bits per heavy atom. The van der Waals surface area contributed by atoms with Crippen molar-refractivity contribution in [3.05, 3.63) is 81.6 Å². The van der Waals surface area contributed by atoms with Crippen LogP contribution in [0.3, 0.4) is 0 Å². The second kappa shape index (κ2) is 7.11. The topological polar surface area (TPSA) is 46.9 Å². The van der Waals surface area contributed by atoms with E-state index in [2.05, 4.69) is 10.4 Å². The number of halogens is 1. The van der Waals surface area contributed by atoms with Crippen LogP contribution in [0.2, 0.25) is 5.15 Å². The normalized spacial score (nSPS) is 10.7. The molecule has 0 aliphatic heterocycles. The molecule has 0 saturated carbocycles. The summed E-state index contributed by atoms with van der Waals surface area (Å²) in [5.74, 6) is -0.240. The van der Waals surface area contributed by atoms with Gasteiger partial charge in [0.2, 0.25) is 0 Å². The highest BCUT2D eigenvalue weighted by molar-refractivity contribution is 6.33. The molecule has 1 amide bonds. The van der Waals surface area contributed by atoms with Crippen LogP contribution < -0.4 is 5.32 Å². The average Bonchev–Trinajstić information content (AvgIpc) is 2.86. The van der Waals surface area contributed by atoms with E-state index in [0.717, 1.165) is 22.4 Å². The molecule has 1 aromatic heterocycles. The molecule has 2 aromatic carbocycles. The maximum atomic E-state index is 12.7. The highest BCUT2D eigenvalue weighted by atomic mass is 35.5. The lowest BCUT2D eigenvalue weighted by atomic mass is 10.1. The van der Waals surface area contributed by atoms with E-state index in [4.69, 9.17) is 11.6 Å². The van der Waals surface area contributed by atoms with Crippen LogP contribution in [0, 0.1) is 20.8 Å². The van der Waals surface area contributed by atoms with Gasteiger partial charge in [0.15, 0.2) is 0 Å². The Kier molecular flexibility index (Phi) is 4.91. The molecule has 5 heteroatoms. The fourth-order valence-electron chi connectivity index (χ4n) is 2.74. The lowest BCUT2D eigenvalue weighted by Gasteiger charge is -2.10. The maximum absolute atomic E-state index is 12.7. The number of hydrogen-bond acceptors (Lipinski definition) is 2. The molecule has 4 nitrogen and oxygen atoms in total. The lowest BCUT2D eigenvalue weighted by Crippen LogP contribution is -2.14. The fourth-order valence-corrected chi connectivity index (χ4v) is 3.06. The molecular formula is C20H20ClN3O. The third kappa shape index (κ3) is 3.59. The highest BCUT2D eigenvalue weighted by Crippen LogP contribution is 2.24. The largest absolute Gasteiger partial charge is 0.322 e. The van der Waals surface area contributed by atoms with E-state index in [1.807, 2.05) is 62.4 Å². The third-order valence-corrected chi connectivity index (χ3v) is 4.70. The molecule has 0 atom stereocenters. The van der Waals surface area contributed by atoms with E-state index in [9.17, 15) is 4.79 Å². The number of aryl methyl sites for hydroxylation is 2. The molecule has 128 valence electrons. The van der Waals surface area contributed by atoms with Crippen LogP contribution in [0.15, 0.2) is 48.5 Å². The van der Waals surface area contributed by atoms with Gasteiger partial charge in [0.25, 0.3) is 5.91 Å². The van der Waals surface area contributed by atoms with E-state index in [1.54, 1.807) is 11.6 Å². The fraction of sp³-hybridized carbons (Fsp3) is 0.200. The highest BCUT2D eigenvalue weighted by Gasteiger charge is 2.21. The Balaban J connectivity index is 1.87. The van der Waals surface area contributed by atoms with Gasteiger partial charge in [-0.3, -0.25) is 4.79 Å². The molecule has 3 rings (SSSR count). The predicted molar refractivity (Wildman–Crippen MR) is 101 cm³/mol. The second-order valence-corrected chi connectivity index (χ2v) is 6.45. The first-order valence-corrected chi connectivity index (χ1v) is 8.49. The molecule has 25 heavy (non-hydrogen) atoms. The van der Waals surface area contributed by atoms with Crippen LogP contribution in [-0.4, -0.2) is 15.7 Å². The Morgan fingerprint density at radius 3 is 2.52 bits per heavy atom. The molecule has 1 heterocycles. The molecule has 0 spiro atoms. The van der Waals surface area contributed by atoms with Gasteiger partial charge in [-0.1, -0.05) is 54.1 Å². The van der Waals surface area contributed by atoms with E-state index in [-0.39, 0.29) is 5.91 Å². The Hall–Kier alpha value is -2.59. The number of carbonyl (C=O) groups excluding carboxylic acids is 1. The van der Waals surface area contributed by atoms with Crippen LogP contribution in [0.1, 0.15) is 32.7 Å². The molecule has 0 aliphatic carbocycles. The number of nitrogens with zero attached hydrogens (tertiary/aromatic N) is 2. The van der Waals surface area contributed by atoms with Gasteiger partial charge in [0.05, 0.1) is 17.8 Å². The Bertz CT molecular complexity index is 916. The summed E-state index contributed by atoms with van der Waals surface area (Å²) in [5.41, 5.74) is 5.06. The number of carbonyl (C=O) groups is 1. The Morgan fingerprint density at radius 1 is 1.08 bits per heavy atom. The van der Waals surface area contributed by atoms with Crippen LogP contribution in [0.4, 0.5) is 5.69 Å². The quantitative estimate of drug-likeness (QED) is 0.734. The monoisotopic (exact) mass is 353 g/mol. The van der Waals surface area contributed by atoms with Crippen molar-refractivity contribution >= 4 is 23.2 Å². The van der Waals surface area contributed by atoms with Gasteiger partial charge < -0.3 is 5.32 Å². The summed E-state index contributed by atoms with van der Waals surface area (Å²) in [6.07, 6.45) is 0. The van der Waals surface area contributed by atoms with E-state index in [0.29, 0.717) is 23.0 Å². The van der Waals surface area contributed by atoms with E-state index < -0.39 is 0 Å². The van der Waals surface area contributed by atoms with Gasteiger partial charge in [-0.25, -0.2) is 4.68 Å². The number of hydrogen-bond donors (Lipinski definition) is 1. The van der Waals surface area contributed by atoms with Gasteiger partial charge in [-0.05, 0) is 43.5 Å². The molecule has 0 aliphatic rings. The smallest absolute Gasteiger partial charge is 0.260 e. The summed E-state index contributed by atoms with van der Waals surface area (Å²) in [5, 5.41) is 7.73. The van der Waals surface area contributed by atoms with Crippen molar-refractivity contribution in [3.63, 3.8) is 0 Å². The van der Waals surface area contributed by atoms with Crippen molar-refractivity contribution in [1.29, 1.82) is 0 Å².